The molecular formula is C21H21NO3. The molecule has 0 saturated heterocycles. The van der Waals surface area contributed by atoms with E-state index in [0.717, 1.165) is 19.3 Å². The molecular weight excluding hydrogens is 314 g/mol. The second-order valence-electron chi connectivity index (χ2n) is 7.65. The molecule has 2 saturated carbocycles. The number of aliphatic hydroxyl groups is 1. The molecule has 2 aromatic carbocycles. The Labute approximate surface area is 146 Å². The van der Waals surface area contributed by atoms with Crippen molar-refractivity contribution in [2.24, 2.45) is 5.41 Å². The van der Waals surface area contributed by atoms with Gasteiger partial charge in [-0.3, -0.25) is 0 Å². The molecule has 0 bridgehead atoms. The van der Waals surface area contributed by atoms with E-state index in [9.17, 15) is 9.90 Å². The van der Waals surface area contributed by atoms with Crippen LogP contribution in [0.2, 0.25) is 0 Å². The Hall–Kier alpha value is -2.33. The van der Waals surface area contributed by atoms with Gasteiger partial charge in [0.15, 0.2) is 0 Å². The number of rotatable bonds is 3. The molecule has 0 heterocycles. The fraction of sp³-hybridized carbons (Fsp3) is 0.381. The summed E-state index contributed by atoms with van der Waals surface area (Å²) in [5, 5.41) is 12.4. The number of hydrogen-bond acceptors (Lipinski definition) is 3. The minimum atomic E-state index is -0.342. The van der Waals surface area contributed by atoms with E-state index < -0.39 is 0 Å². The lowest BCUT2D eigenvalue weighted by molar-refractivity contribution is 0.0233. The third-order valence-electron chi connectivity index (χ3n) is 6.11. The Morgan fingerprint density at radius 3 is 2.24 bits per heavy atom. The largest absolute Gasteiger partial charge is 0.449 e. The van der Waals surface area contributed by atoms with Crippen LogP contribution in [0.4, 0.5) is 4.79 Å². The summed E-state index contributed by atoms with van der Waals surface area (Å²) in [7, 11) is 0. The number of hydrogen-bond donors (Lipinski definition) is 2. The van der Waals surface area contributed by atoms with E-state index >= 15 is 0 Å². The Morgan fingerprint density at radius 2 is 1.64 bits per heavy atom. The maximum absolute atomic E-state index is 12.2. The first-order valence-corrected chi connectivity index (χ1v) is 8.96. The number of fused-ring (bicyclic) bond motifs is 3. The van der Waals surface area contributed by atoms with Crippen LogP contribution < -0.4 is 5.32 Å². The van der Waals surface area contributed by atoms with Gasteiger partial charge in [-0.05, 0) is 46.9 Å². The van der Waals surface area contributed by atoms with Gasteiger partial charge in [-0.25, -0.2) is 4.79 Å². The maximum Gasteiger partial charge on any atom is 0.407 e. The van der Waals surface area contributed by atoms with E-state index in [2.05, 4.69) is 29.6 Å². The third kappa shape index (κ3) is 2.35. The van der Waals surface area contributed by atoms with Crippen LogP contribution >= 0.6 is 0 Å². The smallest absolute Gasteiger partial charge is 0.407 e. The van der Waals surface area contributed by atoms with Crippen molar-refractivity contribution in [3.63, 3.8) is 0 Å². The van der Waals surface area contributed by atoms with Gasteiger partial charge in [-0.15, -0.1) is 0 Å². The van der Waals surface area contributed by atoms with Gasteiger partial charge in [0.25, 0.3) is 0 Å². The highest BCUT2D eigenvalue weighted by Gasteiger charge is 2.62. The molecule has 5 rings (SSSR count). The summed E-state index contributed by atoms with van der Waals surface area (Å²) in [6.07, 6.45) is 2.05. The Morgan fingerprint density at radius 1 is 1.04 bits per heavy atom. The Kier molecular flexibility index (Phi) is 3.19. The molecule has 0 aromatic heterocycles. The lowest BCUT2D eigenvalue weighted by atomic mass is 9.78. The molecule has 1 spiro atoms. The van der Waals surface area contributed by atoms with Crippen molar-refractivity contribution in [2.45, 2.75) is 37.3 Å². The van der Waals surface area contributed by atoms with E-state index in [1.807, 2.05) is 24.3 Å². The molecule has 1 atom stereocenters. The number of ether oxygens (including phenoxy) is 1. The van der Waals surface area contributed by atoms with Gasteiger partial charge in [0, 0.05) is 12.0 Å². The van der Waals surface area contributed by atoms with Gasteiger partial charge in [-0.2, -0.15) is 0 Å². The summed E-state index contributed by atoms with van der Waals surface area (Å²) in [6, 6.07) is 16.8. The number of nitrogens with one attached hydrogen (secondary N) is 1. The molecule has 25 heavy (non-hydrogen) atoms. The zero-order valence-electron chi connectivity index (χ0n) is 13.9. The molecule has 0 radical (unpaired) electrons. The summed E-state index contributed by atoms with van der Waals surface area (Å²) in [6.45, 7) is 0.349. The van der Waals surface area contributed by atoms with Gasteiger partial charge in [0.05, 0.1) is 6.10 Å². The van der Waals surface area contributed by atoms with Gasteiger partial charge < -0.3 is 15.2 Å². The van der Waals surface area contributed by atoms with E-state index in [0.29, 0.717) is 6.61 Å². The van der Waals surface area contributed by atoms with Crippen molar-refractivity contribution >= 4 is 6.09 Å². The van der Waals surface area contributed by atoms with Crippen LogP contribution in [0.5, 0.6) is 0 Å². The van der Waals surface area contributed by atoms with Crippen molar-refractivity contribution in [3.8, 4) is 11.1 Å². The van der Waals surface area contributed by atoms with Gasteiger partial charge >= 0.3 is 6.09 Å². The molecule has 2 aromatic rings. The van der Waals surface area contributed by atoms with E-state index in [1.165, 1.54) is 22.3 Å². The third-order valence-corrected chi connectivity index (χ3v) is 6.11. The zero-order valence-corrected chi connectivity index (χ0v) is 13.9. The topological polar surface area (TPSA) is 58.6 Å². The molecule has 1 unspecified atom stereocenters. The highest BCUT2D eigenvalue weighted by atomic mass is 16.5. The average molecular weight is 335 g/mol. The standard InChI is InChI=1S/C21H21NO3/c23-13-9-21(10-13)11-19(21)22-20(24)25-12-18-16-7-3-1-5-14(16)15-6-2-4-8-17(15)18/h1-8,13,18-19,23H,9-12H2,(H,22,24). The highest BCUT2D eigenvalue weighted by molar-refractivity contribution is 5.79. The summed E-state index contributed by atoms with van der Waals surface area (Å²) < 4.78 is 5.57. The van der Waals surface area contributed by atoms with Crippen LogP contribution in [0.15, 0.2) is 48.5 Å². The van der Waals surface area contributed by atoms with Gasteiger partial charge in [0.2, 0.25) is 0 Å². The van der Waals surface area contributed by atoms with Crippen LogP contribution in [0.25, 0.3) is 11.1 Å². The van der Waals surface area contributed by atoms with E-state index in [-0.39, 0.29) is 29.6 Å². The second kappa shape index (κ2) is 5.33. The van der Waals surface area contributed by atoms with Crippen molar-refractivity contribution in [1.82, 2.24) is 5.32 Å². The fourth-order valence-electron chi connectivity index (χ4n) is 4.66. The molecule has 0 aliphatic heterocycles. The lowest BCUT2D eigenvalue weighted by Gasteiger charge is -2.32. The van der Waals surface area contributed by atoms with Gasteiger partial charge in [0.1, 0.15) is 6.61 Å². The van der Waals surface area contributed by atoms with Gasteiger partial charge in [-0.1, -0.05) is 48.5 Å². The normalized spacial score (nSPS) is 28.8. The fourth-order valence-corrected chi connectivity index (χ4v) is 4.66. The molecule has 1 amide bonds. The summed E-state index contributed by atoms with van der Waals surface area (Å²) >= 11 is 0. The van der Waals surface area contributed by atoms with Crippen molar-refractivity contribution in [2.75, 3.05) is 6.61 Å². The zero-order chi connectivity index (χ0) is 17.0. The molecule has 2 fully saturated rings. The molecule has 128 valence electrons. The minimum Gasteiger partial charge on any atom is -0.449 e. The number of carbonyl (C=O) groups is 1. The number of alkyl carbamates (subject to hydrolysis) is 1. The number of benzene rings is 2. The summed E-state index contributed by atoms with van der Waals surface area (Å²) in [5.41, 5.74) is 5.07. The van der Waals surface area contributed by atoms with Crippen molar-refractivity contribution in [1.29, 1.82) is 0 Å². The predicted octanol–water partition coefficient (Wildman–Crippen LogP) is 3.44. The monoisotopic (exact) mass is 335 g/mol. The second-order valence-corrected chi connectivity index (χ2v) is 7.65. The van der Waals surface area contributed by atoms with Crippen LogP contribution in [0, 0.1) is 5.41 Å². The molecule has 4 heteroatoms. The molecule has 3 aliphatic carbocycles. The minimum absolute atomic E-state index is 0.0943. The summed E-state index contributed by atoms with van der Waals surface area (Å²) in [4.78, 5) is 12.2. The summed E-state index contributed by atoms with van der Waals surface area (Å²) in [5.74, 6) is 0.0943. The van der Waals surface area contributed by atoms with Crippen molar-refractivity contribution in [3.05, 3.63) is 59.7 Å². The first-order valence-electron chi connectivity index (χ1n) is 8.96. The highest BCUT2D eigenvalue weighted by Crippen LogP contribution is 2.60. The van der Waals surface area contributed by atoms with E-state index in [4.69, 9.17) is 4.74 Å². The number of carbonyl (C=O) groups excluding carboxylic acids is 1. The Balaban J connectivity index is 1.26. The predicted molar refractivity (Wildman–Crippen MR) is 94.3 cm³/mol. The van der Waals surface area contributed by atoms with Crippen LogP contribution in [-0.2, 0) is 4.74 Å². The van der Waals surface area contributed by atoms with Crippen LogP contribution in [0.3, 0.4) is 0 Å². The molecule has 2 N–H and O–H groups in total. The van der Waals surface area contributed by atoms with Crippen LogP contribution in [0.1, 0.15) is 36.3 Å². The maximum atomic E-state index is 12.2. The first-order chi connectivity index (χ1) is 12.2. The van der Waals surface area contributed by atoms with Crippen LogP contribution in [-0.4, -0.2) is 30.0 Å². The number of aliphatic hydroxyl groups excluding tert-OH is 1. The average Bonchev–Trinajstić information content (AvgIpc) is 3.18. The quantitative estimate of drug-likeness (QED) is 0.903. The number of amides is 1. The SMILES string of the molecule is O=C(NC1CC12CC(O)C2)OCC1c2ccccc2-c2ccccc21. The first kappa shape index (κ1) is 15.0. The van der Waals surface area contributed by atoms with Crippen molar-refractivity contribution < 1.29 is 14.6 Å². The lowest BCUT2D eigenvalue weighted by Crippen LogP contribution is -2.39. The molecule has 3 aliphatic rings. The van der Waals surface area contributed by atoms with E-state index in [1.54, 1.807) is 0 Å². The Bertz CT molecular complexity index is 795. The molecule has 4 nitrogen and oxygen atoms in total.